The third-order valence-corrected chi connectivity index (χ3v) is 1.55. The molecule has 13 heavy (non-hydrogen) atoms. The number of ether oxygens (including phenoxy) is 1. The summed E-state index contributed by atoms with van der Waals surface area (Å²) in [6.07, 6.45) is 1.42. The van der Waals surface area contributed by atoms with Gasteiger partial charge in [-0.15, -0.1) is 0 Å². The highest BCUT2D eigenvalue weighted by Gasteiger charge is 1.99. The van der Waals surface area contributed by atoms with Crippen LogP contribution in [0.5, 0.6) is 0 Å². The molecule has 0 unspecified atom stereocenters. The van der Waals surface area contributed by atoms with Crippen LogP contribution >= 0.6 is 0 Å². The fraction of sp³-hybridized carbons (Fsp3) is 0.182. The van der Waals surface area contributed by atoms with E-state index in [0.29, 0.717) is 12.4 Å². The summed E-state index contributed by atoms with van der Waals surface area (Å²) in [7, 11) is 0. The minimum absolute atomic E-state index is 0.572. The first-order valence-electron chi connectivity index (χ1n) is 4.16. The van der Waals surface area contributed by atoms with Crippen LogP contribution in [0.15, 0.2) is 36.4 Å². The molecule has 0 amide bonds. The zero-order chi connectivity index (χ0) is 9.52. The van der Waals surface area contributed by atoms with Crippen LogP contribution in [0, 0.1) is 11.3 Å². The summed E-state index contributed by atoms with van der Waals surface area (Å²) in [5.41, 5.74) is 0.936. The second-order valence-corrected chi connectivity index (χ2v) is 2.44. The van der Waals surface area contributed by atoms with E-state index in [1.54, 1.807) is 0 Å². The molecule has 2 nitrogen and oxygen atoms in total. The maximum atomic E-state index is 8.52. The van der Waals surface area contributed by atoms with E-state index in [9.17, 15) is 0 Å². The number of benzene rings is 1. The van der Waals surface area contributed by atoms with Gasteiger partial charge in [-0.2, -0.15) is 5.26 Å². The summed E-state index contributed by atoms with van der Waals surface area (Å²) in [5, 5.41) is 8.52. The van der Waals surface area contributed by atoms with E-state index in [-0.39, 0.29) is 0 Å². The van der Waals surface area contributed by atoms with E-state index in [0.717, 1.165) is 5.56 Å². The van der Waals surface area contributed by atoms with Crippen molar-refractivity contribution in [3.8, 4) is 6.07 Å². The lowest BCUT2D eigenvalue weighted by Gasteiger charge is -2.06. The molecule has 0 radical (unpaired) electrons. The Balaban J connectivity index is 2.91. The molecule has 0 saturated carbocycles. The molecule has 0 spiro atoms. The Bertz CT molecular complexity index is 322. The van der Waals surface area contributed by atoms with Crippen molar-refractivity contribution in [2.45, 2.75) is 6.92 Å². The average molecular weight is 173 g/mol. The Morgan fingerprint density at radius 1 is 1.46 bits per heavy atom. The second-order valence-electron chi connectivity index (χ2n) is 2.44. The van der Waals surface area contributed by atoms with E-state index in [4.69, 9.17) is 10.00 Å². The molecule has 0 N–H and O–H groups in total. The van der Waals surface area contributed by atoms with Gasteiger partial charge < -0.3 is 4.74 Å². The Labute approximate surface area is 78.1 Å². The third kappa shape index (κ3) is 2.64. The lowest BCUT2D eigenvalue weighted by molar-refractivity contribution is 0.298. The highest BCUT2D eigenvalue weighted by Crippen LogP contribution is 2.14. The first-order chi connectivity index (χ1) is 6.38. The third-order valence-electron chi connectivity index (χ3n) is 1.55. The van der Waals surface area contributed by atoms with Crippen LogP contribution in [0.3, 0.4) is 0 Å². The zero-order valence-electron chi connectivity index (χ0n) is 7.53. The topological polar surface area (TPSA) is 33.0 Å². The van der Waals surface area contributed by atoms with Crippen molar-refractivity contribution in [2.24, 2.45) is 0 Å². The molecule has 66 valence electrons. The van der Waals surface area contributed by atoms with E-state index in [1.165, 1.54) is 6.08 Å². The second kappa shape index (κ2) is 5.00. The predicted octanol–water partition coefficient (Wildman–Crippen LogP) is 2.59. The van der Waals surface area contributed by atoms with Crippen LogP contribution in [0.2, 0.25) is 0 Å². The van der Waals surface area contributed by atoms with E-state index < -0.39 is 0 Å². The van der Waals surface area contributed by atoms with Crippen molar-refractivity contribution in [1.29, 1.82) is 5.26 Å². The van der Waals surface area contributed by atoms with E-state index in [1.807, 2.05) is 43.3 Å². The standard InChI is InChI=1S/C11H11NO/c1-2-13-11(8-9-12)10-6-4-3-5-7-10/h3-8H,2H2,1H3/b11-8-. The van der Waals surface area contributed by atoms with Gasteiger partial charge in [-0.1, -0.05) is 30.3 Å². The molecule has 1 aromatic carbocycles. The van der Waals surface area contributed by atoms with Gasteiger partial charge in [-0.3, -0.25) is 0 Å². The Morgan fingerprint density at radius 2 is 2.15 bits per heavy atom. The fourth-order valence-electron chi connectivity index (χ4n) is 1.02. The molecule has 1 rings (SSSR count). The minimum atomic E-state index is 0.572. The fourth-order valence-corrected chi connectivity index (χ4v) is 1.02. The molecule has 0 aliphatic heterocycles. The number of nitrogens with zero attached hydrogens (tertiary/aromatic N) is 1. The number of hydrogen-bond donors (Lipinski definition) is 0. The van der Waals surface area contributed by atoms with Gasteiger partial charge >= 0.3 is 0 Å². The summed E-state index contributed by atoms with van der Waals surface area (Å²) in [5.74, 6) is 0.630. The van der Waals surface area contributed by atoms with Gasteiger partial charge in [0.1, 0.15) is 5.76 Å². The first-order valence-corrected chi connectivity index (χ1v) is 4.16. The number of rotatable bonds is 3. The highest BCUT2D eigenvalue weighted by molar-refractivity contribution is 5.61. The maximum Gasteiger partial charge on any atom is 0.136 e. The first kappa shape index (κ1) is 9.34. The van der Waals surface area contributed by atoms with Crippen molar-refractivity contribution >= 4 is 5.76 Å². The van der Waals surface area contributed by atoms with Crippen LogP contribution in [-0.2, 0) is 4.74 Å². The molecule has 0 fully saturated rings. The normalized spacial score (nSPS) is 10.6. The zero-order valence-corrected chi connectivity index (χ0v) is 7.53. The van der Waals surface area contributed by atoms with Crippen molar-refractivity contribution in [2.75, 3.05) is 6.61 Å². The van der Waals surface area contributed by atoms with Gasteiger partial charge in [0.2, 0.25) is 0 Å². The summed E-state index contributed by atoms with van der Waals surface area (Å²) in [4.78, 5) is 0. The summed E-state index contributed by atoms with van der Waals surface area (Å²) >= 11 is 0. The molecule has 0 aromatic heterocycles. The molecule has 0 aliphatic rings. The van der Waals surface area contributed by atoms with Gasteiger partial charge in [-0.05, 0) is 6.92 Å². The number of hydrogen-bond acceptors (Lipinski definition) is 2. The lowest BCUT2D eigenvalue weighted by atomic mass is 10.2. The van der Waals surface area contributed by atoms with Crippen molar-refractivity contribution in [3.05, 3.63) is 42.0 Å². The highest BCUT2D eigenvalue weighted by atomic mass is 16.5. The van der Waals surface area contributed by atoms with Gasteiger partial charge in [-0.25, -0.2) is 0 Å². The van der Waals surface area contributed by atoms with Crippen LogP contribution in [0.1, 0.15) is 12.5 Å². The Morgan fingerprint density at radius 3 is 2.69 bits per heavy atom. The molecule has 0 aliphatic carbocycles. The predicted molar refractivity (Wildman–Crippen MR) is 51.7 cm³/mol. The van der Waals surface area contributed by atoms with Gasteiger partial charge in [0.15, 0.2) is 0 Å². The molecule has 2 heteroatoms. The van der Waals surface area contributed by atoms with Crippen molar-refractivity contribution < 1.29 is 4.74 Å². The van der Waals surface area contributed by atoms with Gasteiger partial charge in [0, 0.05) is 5.56 Å². The molecule has 0 saturated heterocycles. The average Bonchev–Trinajstić information content (AvgIpc) is 2.19. The largest absolute Gasteiger partial charge is 0.493 e. The van der Waals surface area contributed by atoms with Crippen LogP contribution in [0.25, 0.3) is 5.76 Å². The van der Waals surface area contributed by atoms with Crippen LogP contribution in [-0.4, -0.2) is 6.61 Å². The van der Waals surface area contributed by atoms with Crippen molar-refractivity contribution in [1.82, 2.24) is 0 Å². The van der Waals surface area contributed by atoms with Crippen molar-refractivity contribution in [3.63, 3.8) is 0 Å². The van der Waals surface area contributed by atoms with E-state index in [2.05, 4.69) is 0 Å². The smallest absolute Gasteiger partial charge is 0.136 e. The van der Waals surface area contributed by atoms with Crippen LogP contribution in [0.4, 0.5) is 0 Å². The maximum absolute atomic E-state index is 8.52. The monoisotopic (exact) mass is 173 g/mol. The SMILES string of the molecule is CCO/C(=C\C#N)c1ccccc1. The molecular weight excluding hydrogens is 162 g/mol. The molecule has 0 bridgehead atoms. The Kier molecular flexibility index (Phi) is 3.59. The summed E-state index contributed by atoms with van der Waals surface area (Å²) in [6.45, 7) is 2.47. The molecular formula is C11H11NO. The molecule has 0 atom stereocenters. The number of nitriles is 1. The van der Waals surface area contributed by atoms with Crippen LogP contribution < -0.4 is 0 Å². The number of allylic oxidation sites excluding steroid dienone is 1. The summed E-state index contributed by atoms with van der Waals surface area (Å²) in [6, 6.07) is 11.6. The lowest BCUT2D eigenvalue weighted by Crippen LogP contribution is -1.90. The minimum Gasteiger partial charge on any atom is -0.493 e. The molecule has 0 heterocycles. The van der Waals surface area contributed by atoms with E-state index >= 15 is 0 Å². The quantitative estimate of drug-likeness (QED) is 0.520. The van der Waals surface area contributed by atoms with Gasteiger partial charge in [0.05, 0.1) is 18.8 Å². The Hall–Kier alpha value is -1.75. The summed E-state index contributed by atoms with van der Waals surface area (Å²) < 4.78 is 5.31. The molecule has 1 aromatic rings. The van der Waals surface area contributed by atoms with Gasteiger partial charge in [0.25, 0.3) is 0 Å².